The summed E-state index contributed by atoms with van der Waals surface area (Å²) in [6, 6.07) is 20.2. The van der Waals surface area contributed by atoms with Crippen molar-refractivity contribution in [3.8, 4) is 0 Å². The fourth-order valence-electron chi connectivity index (χ4n) is 2.14. The van der Waals surface area contributed by atoms with E-state index in [4.69, 9.17) is 0 Å². The molecule has 0 radical (unpaired) electrons. The Morgan fingerprint density at radius 3 is 2.29 bits per heavy atom. The molecule has 0 fully saturated rings. The summed E-state index contributed by atoms with van der Waals surface area (Å²) in [6.45, 7) is 5.31. The van der Waals surface area contributed by atoms with Gasteiger partial charge in [-0.3, -0.25) is 0 Å². The molecule has 0 amide bonds. The Morgan fingerprint density at radius 2 is 1.62 bits per heavy atom. The van der Waals surface area contributed by atoms with Crippen molar-refractivity contribution in [2.75, 3.05) is 5.75 Å². The van der Waals surface area contributed by atoms with Crippen LogP contribution in [0, 0.1) is 0 Å². The molecule has 2 aromatic rings. The van der Waals surface area contributed by atoms with Gasteiger partial charge < -0.3 is 5.32 Å². The highest BCUT2D eigenvalue weighted by Crippen LogP contribution is 2.20. The number of nitrogens with one attached hydrogen (secondary N) is 1. The van der Waals surface area contributed by atoms with Crippen LogP contribution in [0.1, 0.15) is 31.4 Å². The minimum absolute atomic E-state index is 0.539. The van der Waals surface area contributed by atoms with Crippen LogP contribution in [0.25, 0.3) is 0 Å². The van der Waals surface area contributed by atoms with E-state index in [1.807, 2.05) is 11.8 Å². The number of hydrogen-bond acceptors (Lipinski definition) is 2. The summed E-state index contributed by atoms with van der Waals surface area (Å²) in [6.07, 6.45) is 2.40. The molecule has 21 heavy (non-hydrogen) atoms. The van der Waals surface area contributed by atoms with Gasteiger partial charge in [0.1, 0.15) is 0 Å². The molecule has 0 saturated heterocycles. The smallest absolute Gasteiger partial charge is 0.0207 e. The Balaban J connectivity index is 1.69. The summed E-state index contributed by atoms with van der Waals surface area (Å²) >= 11 is 1.95. The van der Waals surface area contributed by atoms with E-state index in [9.17, 15) is 0 Å². The van der Waals surface area contributed by atoms with Gasteiger partial charge in [-0.2, -0.15) is 0 Å². The monoisotopic (exact) mass is 299 g/mol. The topological polar surface area (TPSA) is 12.0 Å². The molecular weight excluding hydrogens is 274 g/mol. The molecule has 2 aromatic carbocycles. The zero-order valence-corrected chi connectivity index (χ0v) is 13.8. The lowest BCUT2D eigenvalue weighted by Crippen LogP contribution is -2.21. The maximum Gasteiger partial charge on any atom is 0.0207 e. The Bertz CT molecular complexity index is 505. The highest BCUT2D eigenvalue weighted by atomic mass is 32.2. The minimum Gasteiger partial charge on any atom is -0.310 e. The van der Waals surface area contributed by atoms with Gasteiger partial charge in [-0.15, -0.1) is 11.8 Å². The van der Waals surface area contributed by atoms with Crippen molar-refractivity contribution in [3.63, 3.8) is 0 Å². The van der Waals surface area contributed by atoms with E-state index < -0.39 is 0 Å². The molecule has 0 heterocycles. The van der Waals surface area contributed by atoms with Gasteiger partial charge in [-0.25, -0.2) is 0 Å². The first kappa shape index (κ1) is 16.1. The molecule has 1 N–H and O–H groups in total. The van der Waals surface area contributed by atoms with Gasteiger partial charge >= 0.3 is 0 Å². The second kappa shape index (κ2) is 8.91. The Kier molecular flexibility index (Phi) is 6.84. The fraction of sp³-hybridized carbons (Fsp3) is 0.368. The molecule has 0 aliphatic heterocycles. The van der Waals surface area contributed by atoms with E-state index in [2.05, 4.69) is 73.8 Å². The summed E-state index contributed by atoms with van der Waals surface area (Å²) in [5.74, 6) is 1.18. The van der Waals surface area contributed by atoms with Gasteiger partial charge in [0.2, 0.25) is 0 Å². The largest absolute Gasteiger partial charge is 0.310 e. The molecule has 0 bridgehead atoms. The lowest BCUT2D eigenvalue weighted by atomic mass is 10.1. The van der Waals surface area contributed by atoms with Crippen LogP contribution in [0.4, 0.5) is 0 Å². The van der Waals surface area contributed by atoms with Gasteiger partial charge in [0, 0.05) is 17.5 Å². The van der Waals surface area contributed by atoms with Gasteiger partial charge in [0.25, 0.3) is 0 Å². The van der Waals surface area contributed by atoms with E-state index in [-0.39, 0.29) is 0 Å². The number of aryl methyl sites for hydroxylation is 1. The van der Waals surface area contributed by atoms with E-state index in [0.29, 0.717) is 6.04 Å². The number of rotatable bonds is 8. The van der Waals surface area contributed by atoms with Crippen LogP contribution >= 0.6 is 11.8 Å². The molecule has 0 spiro atoms. The molecule has 0 aliphatic carbocycles. The zero-order chi connectivity index (χ0) is 14.9. The molecule has 112 valence electrons. The zero-order valence-electron chi connectivity index (χ0n) is 13.0. The number of benzene rings is 2. The van der Waals surface area contributed by atoms with Crippen molar-refractivity contribution in [2.24, 2.45) is 0 Å². The van der Waals surface area contributed by atoms with E-state index >= 15 is 0 Å². The first-order valence-corrected chi connectivity index (χ1v) is 8.71. The third-order valence-electron chi connectivity index (χ3n) is 3.36. The average molecular weight is 299 g/mol. The molecule has 0 saturated carbocycles. The molecule has 0 atom stereocenters. The van der Waals surface area contributed by atoms with Crippen molar-refractivity contribution >= 4 is 11.8 Å². The Labute approximate surface area is 133 Å². The number of thioether (sulfide) groups is 1. The van der Waals surface area contributed by atoms with Crippen LogP contribution in [0.3, 0.4) is 0 Å². The van der Waals surface area contributed by atoms with E-state index in [1.165, 1.54) is 34.6 Å². The van der Waals surface area contributed by atoms with E-state index in [1.54, 1.807) is 0 Å². The maximum absolute atomic E-state index is 3.44. The van der Waals surface area contributed by atoms with E-state index in [0.717, 1.165) is 6.54 Å². The van der Waals surface area contributed by atoms with Crippen LogP contribution in [-0.4, -0.2) is 11.8 Å². The molecule has 0 aliphatic rings. The Hall–Kier alpha value is -1.25. The SMILES string of the molecule is CC(C)NCc1ccc(SCCCc2ccccc2)cc1. The molecule has 2 heteroatoms. The van der Waals surface area contributed by atoms with Gasteiger partial charge in [-0.05, 0) is 41.9 Å². The van der Waals surface area contributed by atoms with Crippen LogP contribution in [0.15, 0.2) is 59.5 Å². The third kappa shape index (κ3) is 6.36. The van der Waals surface area contributed by atoms with Crippen molar-refractivity contribution in [1.29, 1.82) is 0 Å². The van der Waals surface area contributed by atoms with Crippen LogP contribution in [-0.2, 0) is 13.0 Å². The third-order valence-corrected chi connectivity index (χ3v) is 4.46. The molecule has 1 nitrogen and oxygen atoms in total. The molecule has 0 unspecified atom stereocenters. The fourth-order valence-corrected chi connectivity index (χ4v) is 2.99. The van der Waals surface area contributed by atoms with Crippen LogP contribution < -0.4 is 5.32 Å². The summed E-state index contributed by atoms with van der Waals surface area (Å²) in [4.78, 5) is 1.37. The summed E-state index contributed by atoms with van der Waals surface area (Å²) < 4.78 is 0. The first-order chi connectivity index (χ1) is 10.2. The first-order valence-electron chi connectivity index (χ1n) is 7.73. The maximum atomic E-state index is 3.44. The predicted octanol–water partition coefficient (Wildman–Crippen LogP) is 4.91. The van der Waals surface area contributed by atoms with Gasteiger partial charge in [0.15, 0.2) is 0 Å². The normalized spacial score (nSPS) is 11.0. The highest BCUT2D eigenvalue weighted by Gasteiger charge is 1.98. The second-order valence-corrected chi connectivity index (χ2v) is 6.79. The molecule has 0 aromatic heterocycles. The lowest BCUT2D eigenvalue weighted by Gasteiger charge is -2.08. The van der Waals surface area contributed by atoms with Crippen molar-refractivity contribution in [2.45, 2.75) is 44.2 Å². The summed E-state index contributed by atoms with van der Waals surface area (Å²) in [5.41, 5.74) is 2.80. The summed E-state index contributed by atoms with van der Waals surface area (Å²) in [7, 11) is 0. The average Bonchev–Trinajstić information content (AvgIpc) is 2.52. The molecule has 2 rings (SSSR count). The Morgan fingerprint density at radius 1 is 0.905 bits per heavy atom. The van der Waals surface area contributed by atoms with Crippen LogP contribution in [0.5, 0.6) is 0 Å². The van der Waals surface area contributed by atoms with Crippen LogP contribution in [0.2, 0.25) is 0 Å². The quantitative estimate of drug-likeness (QED) is 0.549. The minimum atomic E-state index is 0.539. The van der Waals surface area contributed by atoms with Crippen molar-refractivity contribution < 1.29 is 0 Å². The van der Waals surface area contributed by atoms with Gasteiger partial charge in [-0.1, -0.05) is 56.3 Å². The highest BCUT2D eigenvalue weighted by molar-refractivity contribution is 7.99. The van der Waals surface area contributed by atoms with Crippen molar-refractivity contribution in [1.82, 2.24) is 5.32 Å². The lowest BCUT2D eigenvalue weighted by molar-refractivity contribution is 0.588. The van der Waals surface area contributed by atoms with Crippen molar-refractivity contribution in [3.05, 3.63) is 65.7 Å². The molecular formula is C19H25NS. The van der Waals surface area contributed by atoms with Gasteiger partial charge in [0.05, 0.1) is 0 Å². The predicted molar refractivity (Wildman–Crippen MR) is 93.9 cm³/mol. The summed E-state index contributed by atoms with van der Waals surface area (Å²) in [5, 5.41) is 3.44. The number of hydrogen-bond donors (Lipinski definition) is 1. The standard InChI is InChI=1S/C19H25NS/c1-16(2)20-15-18-10-12-19(13-11-18)21-14-6-9-17-7-4-3-5-8-17/h3-5,7-8,10-13,16,20H,6,9,14-15H2,1-2H3. The second-order valence-electron chi connectivity index (χ2n) is 5.62.